The van der Waals surface area contributed by atoms with Crippen molar-refractivity contribution in [2.75, 3.05) is 6.61 Å². The minimum Gasteiger partial charge on any atom is -0.519 e. The van der Waals surface area contributed by atoms with E-state index in [0.717, 1.165) is 19.3 Å². The van der Waals surface area contributed by atoms with Crippen molar-refractivity contribution in [3.63, 3.8) is 0 Å². The van der Waals surface area contributed by atoms with Crippen LogP contribution < -0.4 is 0 Å². The average Bonchev–Trinajstić information content (AvgIpc) is 1.96. The van der Waals surface area contributed by atoms with E-state index >= 15 is 0 Å². The zero-order valence-corrected chi connectivity index (χ0v) is 6.31. The zero-order valence-electron chi connectivity index (χ0n) is 6.31. The molecule has 0 aliphatic heterocycles. The Morgan fingerprint density at radius 1 is 1.27 bits per heavy atom. The highest BCUT2D eigenvalue weighted by atomic mass is 16.6. The van der Waals surface area contributed by atoms with E-state index in [4.69, 9.17) is 15.2 Å². The molecule has 0 saturated heterocycles. The Labute approximate surface area is 66.3 Å². The van der Waals surface area contributed by atoms with Crippen molar-refractivity contribution in [2.24, 2.45) is 0 Å². The summed E-state index contributed by atoms with van der Waals surface area (Å²) in [4.78, 5) is 0. The maximum atomic E-state index is 8.38. The van der Waals surface area contributed by atoms with Gasteiger partial charge < -0.3 is 19.8 Å². The van der Waals surface area contributed by atoms with Crippen LogP contribution in [0.1, 0.15) is 19.3 Å². The first-order valence-electron chi connectivity index (χ1n) is 3.55. The van der Waals surface area contributed by atoms with E-state index in [0.29, 0.717) is 0 Å². The van der Waals surface area contributed by atoms with Crippen molar-refractivity contribution in [1.29, 1.82) is 0 Å². The predicted octanol–water partition coefficient (Wildman–Crippen LogP) is -0.351. The van der Waals surface area contributed by atoms with Crippen molar-refractivity contribution in [3.05, 3.63) is 12.3 Å². The quantitative estimate of drug-likeness (QED) is 0.282. The topological polar surface area (TPSA) is 69.9 Å². The Hall–Kier alpha value is -0.515. The van der Waals surface area contributed by atoms with Gasteiger partial charge in [0.2, 0.25) is 0 Å². The van der Waals surface area contributed by atoms with Crippen molar-refractivity contribution in [2.45, 2.75) is 19.3 Å². The number of unbranched alkanes of at least 4 members (excludes halogenated alkanes) is 2. The van der Waals surface area contributed by atoms with Crippen LogP contribution in [0, 0.1) is 0 Å². The fraction of sp³-hybridized carbons (Fsp3) is 0.667. The third-order valence-electron chi connectivity index (χ3n) is 1.08. The van der Waals surface area contributed by atoms with Crippen LogP contribution in [-0.2, 0) is 4.65 Å². The summed E-state index contributed by atoms with van der Waals surface area (Å²) >= 11 is 0. The number of aliphatic hydroxyl groups is 1. The van der Waals surface area contributed by atoms with Crippen LogP contribution >= 0.6 is 0 Å². The number of hydrogen-bond donors (Lipinski definition) is 3. The van der Waals surface area contributed by atoms with Gasteiger partial charge in [-0.05, 0) is 19.3 Å². The summed E-state index contributed by atoms with van der Waals surface area (Å²) in [6.45, 7) is 0.192. The largest absolute Gasteiger partial charge is 0.707 e. The van der Waals surface area contributed by atoms with Crippen LogP contribution in [0.3, 0.4) is 0 Å². The molecule has 11 heavy (non-hydrogen) atoms. The van der Waals surface area contributed by atoms with Crippen molar-refractivity contribution >= 4 is 7.32 Å². The normalized spacial score (nSPS) is 10.5. The molecule has 0 spiro atoms. The summed E-state index contributed by atoms with van der Waals surface area (Å²) in [5.41, 5.74) is 0. The molecule has 0 atom stereocenters. The molecule has 0 fully saturated rings. The highest BCUT2D eigenvalue weighted by Gasteiger charge is 2.05. The van der Waals surface area contributed by atoms with Gasteiger partial charge >= 0.3 is 7.32 Å². The van der Waals surface area contributed by atoms with Crippen molar-refractivity contribution < 1.29 is 19.8 Å². The minimum atomic E-state index is -1.73. The molecule has 0 aliphatic carbocycles. The lowest BCUT2D eigenvalue weighted by Gasteiger charge is -1.95. The third kappa shape index (κ3) is 9.48. The van der Waals surface area contributed by atoms with E-state index in [1.165, 1.54) is 6.26 Å². The molecule has 0 radical (unpaired) electrons. The molecule has 3 N–H and O–H groups in total. The number of aliphatic hydroxyl groups excluding tert-OH is 1. The average molecular weight is 160 g/mol. The maximum Gasteiger partial charge on any atom is 0.707 e. The van der Waals surface area contributed by atoms with Crippen molar-refractivity contribution in [1.82, 2.24) is 0 Å². The maximum absolute atomic E-state index is 8.38. The van der Waals surface area contributed by atoms with Gasteiger partial charge in [-0.15, -0.1) is 0 Å². The molecule has 0 aliphatic rings. The summed E-state index contributed by atoms with van der Waals surface area (Å²) in [6, 6.07) is 0. The second-order valence-corrected chi connectivity index (χ2v) is 2.05. The van der Waals surface area contributed by atoms with Gasteiger partial charge in [-0.3, -0.25) is 0 Å². The van der Waals surface area contributed by atoms with Crippen molar-refractivity contribution in [3.8, 4) is 0 Å². The molecule has 4 nitrogen and oxygen atoms in total. The van der Waals surface area contributed by atoms with Crippen LogP contribution in [0.15, 0.2) is 12.3 Å². The molecule has 0 unspecified atom stereocenters. The zero-order chi connectivity index (χ0) is 8.53. The third-order valence-corrected chi connectivity index (χ3v) is 1.08. The lowest BCUT2D eigenvalue weighted by atomic mass is 10.2. The second kappa shape index (κ2) is 7.59. The van der Waals surface area contributed by atoms with Gasteiger partial charge in [0.25, 0.3) is 0 Å². The highest BCUT2D eigenvalue weighted by molar-refractivity contribution is 6.32. The first kappa shape index (κ1) is 10.5. The molecule has 0 amide bonds. The van der Waals surface area contributed by atoms with Gasteiger partial charge in [0, 0.05) is 6.61 Å². The highest BCUT2D eigenvalue weighted by Crippen LogP contribution is 1.95. The van der Waals surface area contributed by atoms with Crippen LogP contribution in [0.2, 0.25) is 0 Å². The van der Waals surface area contributed by atoms with Gasteiger partial charge in [-0.1, -0.05) is 6.08 Å². The second-order valence-electron chi connectivity index (χ2n) is 2.05. The van der Waals surface area contributed by atoms with Gasteiger partial charge in [-0.2, -0.15) is 0 Å². The molecule has 5 heteroatoms. The molecule has 0 bridgehead atoms. The first-order valence-corrected chi connectivity index (χ1v) is 3.55. The number of rotatable bonds is 6. The molecule has 0 rings (SSSR count). The van der Waals surface area contributed by atoms with Gasteiger partial charge in [0.05, 0.1) is 6.26 Å². The SMILES string of the molecule is OCCCC/C=C/OB(O)O. The molecule has 0 saturated carbocycles. The van der Waals surface area contributed by atoms with Gasteiger partial charge in [0.15, 0.2) is 0 Å². The van der Waals surface area contributed by atoms with E-state index in [1.54, 1.807) is 6.08 Å². The van der Waals surface area contributed by atoms with Crippen LogP contribution in [0.4, 0.5) is 0 Å². The van der Waals surface area contributed by atoms with Crippen LogP contribution in [0.25, 0.3) is 0 Å². The van der Waals surface area contributed by atoms with E-state index in [1.807, 2.05) is 0 Å². The molecule has 0 aromatic rings. The molecule has 0 heterocycles. The lowest BCUT2D eigenvalue weighted by molar-refractivity contribution is 0.256. The lowest BCUT2D eigenvalue weighted by Crippen LogP contribution is -2.12. The summed E-state index contributed by atoms with van der Waals surface area (Å²) in [6.07, 6.45) is 5.31. The molecule has 0 aromatic carbocycles. The first-order chi connectivity index (χ1) is 5.27. The summed E-state index contributed by atoms with van der Waals surface area (Å²) < 4.78 is 4.29. The smallest absolute Gasteiger partial charge is 0.519 e. The predicted molar refractivity (Wildman–Crippen MR) is 41.4 cm³/mol. The molecule has 64 valence electrons. The standard InChI is InChI=1S/C6H13BO4/c8-5-3-1-2-4-6-11-7(9)10/h4,6,8-10H,1-3,5H2/b6-4+. The van der Waals surface area contributed by atoms with E-state index in [9.17, 15) is 0 Å². The van der Waals surface area contributed by atoms with E-state index in [-0.39, 0.29) is 6.61 Å². The number of allylic oxidation sites excluding steroid dienone is 1. The summed E-state index contributed by atoms with van der Waals surface area (Å²) in [5.74, 6) is 0. The molecular weight excluding hydrogens is 147 g/mol. The van der Waals surface area contributed by atoms with Crippen LogP contribution in [-0.4, -0.2) is 29.1 Å². The van der Waals surface area contributed by atoms with Crippen LogP contribution in [0.5, 0.6) is 0 Å². The Bertz CT molecular complexity index is 105. The Morgan fingerprint density at radius 3 is 2.55 bits per heavy atom. The monoisotopic (exact) mass is 160 g/mol. The molecular formula is C6H13BO4. The van der Waals surface area contributed by atoms with E-state index in [2.05, 4.69) is 4.65 Å². The number of hydrogen-bond acceptors (Lipinski definition) is 4. The summed E-state index contributed by atoms with van der Waals surface area (Å²) in [7, 11) is -1.73. The Kier molecular flexibility index (Phi) is 7.23. The van der Waals surface area contributed by atoms with Gasteiger partial charge in [0.1, 0.15) is 0 Å². The summed E-state index contributed by atoms with van der Waals surface area (Å²) in [5, 5.41) is 24.8. The fourth-order valence-electron chi connectivity index (χ4n) is 0.568. The van der Waals surface area contributed by atoms with Gasteiger partial charge in [-0.25, -0.2) is 0 Å². The Balaban J connectivity index is 3.03. The Morgan fingerprint density at radius 2 is 2.00 bits per heavy atom. The molecule has 0 aromatic heterocycles. The fourth-order valence-corrected chi connectivity index (χ4v) is 0.568. The minimum absolute atomic E-state index is 0.192. The van der Waals surface area contributed by atoms with E-state index < -0.39 is 7.32 Å².